The number of halogens is 1. The quantitative estimate of drug-likeness (QED) is 0.906. The third-order valence-corrected chi connectivity index (χ3v) is 5.25. The first-order valence-electron chi connectivity index (χ1n) is 7.12. The first-order chi connectivity index (χ1) is 10.3. The number of nitrogens with two attached hydrogens (primary N) is 1. The van der Waals surface area contributed by atoms with E-state index >= 15 is 0 Å². The van der Waals surface area contributed by atoms with E-state index in [1.165, 1.54) is 10.5 Å². The molecule has 0 fully saturated rings. The predicted molar refractivity (Wildman–Crippen MR) is 89.5 cm³/mol. The van der Waals surface area contributed by atoms with Gasteiger partial charge in [0.05, 0.1) is 0 Å². The number of thioether (sulfide) groups is 1. The maximum atomic E-state index is 6.24. The highest BCUT2D eigenvalue weighted by atomic mass is 35.5. The Balaban J connectivity index is 1.66. The summed E-state index contributed by atoms with van der Waals surface area (Å²) >= 11 is 8.13. The van der Waals surface area contributed by atoms with E-state index in [9.17, 15) is 0 Å². The molecule has 4 heteroatoms. The highest BCUT2D eigenvalue weighted by Crippen LogP contribution is 2.37. The lowest BCUT2D eigenvalue weighted by molar-refractivity contribution is 0.314. The number of hydrogen-bond donors (Lipinski definition) is 1. The van der Waals surface area contributed by atoms with Crippen molar-refractivity contribution in [3.05, 3.63) is 58.6 Å². The molecule has 0 radical (unpaired) electrons. The summed E-state index contributed by atoms with van der Waals surface area (Å²) in [5.74, 6) is 0.865. The zero-order chi connectivity index (χ0) is 14.7. The third kappa shape index (κ3) is 3.37. The standard InChI is InChI=1S/C17H18ClNOS/c18-15-5-3-6-16(14(15)8-9-19)20-11-13-10-12-4-1-2-7-17(12)21-13/h1-7,13H,8-11,19H2. The van der Waals surface area contributed by atoms with Crippen LogP contribution in [-0.4, -0.2) is 18.4 Å². The molecule has 110 valence electrons. The molecule has 2 nitrogen and oxygen atoms in total. The molecule has 2 aromatic rings. The molecule has 0 aromatic heterocycles. The maximum Gasteiger partial charge on any atom is 0.124 e. The van der Waals surface area contributed by atoms with Crippen LogP contribution in [0.5, 0.6) is 5.75 Å². The highest BCUT2D eigenvalue weighted by Gasteiger charge is 2.22. The lowest BCUT2D eigenvalue weighted by Gasteiger charge is -2.15. The van der Waals surface area contributed by atoms with Crippen LogP contribution in [0.25, 0.3) is 0 Å². The molecule has 21 heavy (non-hydrogen) atoms. The Kier molecular flexibility index (Phi) is 4.73. The molecule has 0 bridgehead atoms. The molecule has 2 aromatic carbocycles. The van der Waals surface area contributed by atoms with Gasteiger partial charge >= 0.3 is 0 Å². The molecule has 2 N–H and O–H groups in total. The molecule has 0 aliphatic carbocycles. The van der Waals surface area contributed by atoms with Gasteiger partial charge in [-0.25, -0.2) is 0 Å². The fraction of sp³-hybridized carbons (Fsp3) is 0.294. The molecule has 1 unspecified atom stereocenters. The Hall–Kier alpha value is -1.16. The molecular formula is C17H18ClNOS. The van der Waals surface area contributed by atoms with Crippen LogP contribution in [0.4, 0.5) is 0 Å². The molecule has 0 spiro atoms. The van der Waals surface area contributed by atoms with Gasteiger partial charge in [0.25, 0.3) is 0 Å². The third-order valence-electron chi connectivity index (χ3n) is 3.61. The van der Waals surface area contributed by atoms with Crippen LogP contribution in [0.2, 0.25) is 5.02 Å². The molecule has 0 saturated carbocycles. The summed E-state index contributed by atoms with van der Waals surface area (Å²) in [7, 11) is 0. The predicted octanol–water partition coefficient (Wildman–Crippen LogP) is 3.94. The van der Waals surface area contributed by atoms with Gasteiger partial charge in [0.1, 0.15) is 12.4 Å². The fourth-order valence-electron chi connectivity index (χ4n) is 2.59. The normalized spacial score (nSPS) is 16.8. The van der Waals surface area contributed by atoms with E-state index in [0.29, 0.717) is 18.4 Å². The average molecular weight is 320 g/mol. The summed E-state index contributed by atoms with van der Waals surface area (Å²) in [6.45, 7) is 1.26. The molecule has 1 heterocycles. The maximum absolute atomic E-state index is 6.24. The number of benzene rings is 2. The zero-order valence-electron chi connectivity index (χ0n) is 11.7. The van der Waals surface area contributed by atoms with Gasteiger partial charge in [-0.2, -0.15) is 0 Å². The summed E-state index contributed by atoms with van der Waals surface area (Å²) in [6, 6.07) is 14.3. The van der Waals surface area contributed by atoms with E-state index in [0.717, 1.165) is 29.2 Å². The van der Waals surface area contributed by atoms with Crippen molar-refractivity contribution < 1.29 is 4.74 Å². The smallest absolute Gasteiger partial charge is 0.124 e. The van der Waals surface area contributed by atoms with Crippen LogP contribution in [-0.2, 0) is 12.8 Å². The van der Waals surface area contributed by atoms with E-state index in [1.807, 2.05) is 30.0 Å². The second kappa shape index (κ2) is 6.73. The van der Waals surface area contributed by atoms with Crippen LogP contribution in [0.1, 0.15) is 11.1 Å². The SMILES string of the molecule is NCCc1c(Cl)cccc1OCC1Cc2ccccc2S1. The van der Waals surface area contributed by atoms with Crippen molar-refractivity contribution in [3.8, 4) is 5.75 Å². The summed E-state index contributed by atoms with van der Waals surface area (Å²) in [5, 5.41) is 1.20. The first-order valence-corrected chi connectivity index (χ1v) is 8.38. The zero-order valence-corrected chi connectivity index (χ0v) is 13.3. The molecule has 3 rings (SSSR count). The number of hydrogen-bond acceptors (Lipinski definition) is 3. The van der Waals surface area contributed by atoms with Crippen molar-refractivity contribution in [2.45, 2.75) is 23.0 Å². The minimum atomic E-state index is 0.465. The largest absolute Gasteiger partial charge is 0.492 e. The minimum Gasteiger partial charge on any atom is -0.492 e. The van der Waals surface area contributed by atoms with Crippen molar-refractivity contribution in [1.29, 1.82) is 0 Å². The van der Waals surface area contributed by atoms with Gasteiger partial charge in [-0.1, -0.05) is 35.9 Å². The Labute approximate surface area is 134 Å². The lowest BCUT2D eigenvalue weighted by atomic mass is 10.1. The molecule has 1 aliphatic rings. The Bertz CT molecular complexity index is 607. The van der Waals surface area contributed by atoms with Crippen LogP contribution in [0.3, 0.4) is 0 Å². The fourth-order valence-corrected chi connectivity index (χ4v) is 4.07. The Morgan fingerprint density at radius 2 is 2.05 bits per heavy atom. The van der Waals surface area contributed by atoms with Gasteiger partial charge in [0, 0.05) is 20.7 Å². The molecular weight excluding hydrogens is 302 g/mol. The monoisotopic (exact) mass is 319 g/mol. The lowest BCUT2D eigenvalue weighted by Crippen LogP contribution is -2.15. The van der Waals surface area contributed by atoms with Crippen molar-refractivity contribution in [2.75, 3.05) is 13.2 Å². The van der Waals surface area contributed by atoms with Crippen molar-refractivity contribution in [1.82, 2.24) is 0 Å². The molecule has 1 aliphatic heterocycles. The minimum absolute atomic E-state index is 0.465. The molecule has 1 atom stereocenters. The second-order valence-corrected chi connectivity index (χ2v) is 6.87. The van der Waals surface area contributed by atoms with E-state index < -0.39 is 0 Å². The molecule has 0 saturated heterocycles. The molecule has 0 amide bonds. The van der Waals surface area contributed by atoms with Gasteiger partial charge in [-0.3, -0.25) is 0 Å². The second-order valence-electron chi connectivity index (χ2n) is 5.12. The summed E-state index contributed by atoms with van der Waals surface area (Å²) in [4.78, 5) is 1.37. The van der Waals surface area contributed by atoms with Gasteiger partial charge in [0.2, 0.25) is 0 Å². The van der Waals surface area contributed by atoms with Crippen molar-refractivity contribution in [2.24, 2.45) is 5.73 Å². The van der Waals surface area contributed by atoms with Gasteiger partial charge in [-0.05, 0) is 43.1 Å². The summed E-state index contributed by atoms with van der Waals surface area (Å²) in [5.41, 5.74) is 8.09. The van der Waals surface area contributed by atoms with Crippen LogP contribution < -0.4 is 10.5 Å². The van der Waals surface area contributed by atoms with Gasteiger partial charge in [0.15, 0.2) is 0 Å². The Morgan fingerprint density at radius 1 is 1.19 bits per heavy atom. The number of rotatable bonds is 5. The van der Waals surface area contributed by atoms with Gasteiger partial charge < -0.3 is 10.5 Å². The first kappa shape index (κ1) is 14.8. The summed E-state index contributed by atoms with van der Waals surface area (Å²) in [6.07, 6.45) is 1.81. The van der Waals surface area contributed by atoms with E-state index in [4.69, 9.17) is 22.1 Å². The highest BCUT2D eigenvalue weighted by molar-refractivity contribution is 8.00. The van der Waals surface area contributed by atoms with Crippen LogP contribution in [0.15, 0.2) is 47.4 Å². The van der Waals surface area contributed by atoms with E-state index in [-0.39, 0.29) is 0 Å². The number of fused-ring (bicyclic) bond motifs is 1. The van der Waals surface area contributed by atoms with E-state index in [1.54, 1.807) is 0 Å². The van der Waals surface area contributed by atoms with E-state index in [2.05, 4.69) is 24.3 Å². The Morgan fingerprint density at radius 3 is 2.86 bits per heavy atom. The topological polar surface area (TPSA) is 35.2 Å². The van der Waals surface area contributed by atoms with Crippen LogP contribution in [0, 0.1) is 0 Å². The average Bonchev–Trinajstić information content (AvgIpc) is 2.91. The van der Waals surface area contributed by atoms with Crippen LogP contribution >= 0.6 is 23.4 Å². The summed E-state index contributed by atoms with van der Waals surface area (Å²) < 4.78 is 6.02. The van der Waals surface area contributed by atoms with Crippen molar-refractivity contribution in [3.63, 3.8) is 0 Å². The van der Waals surface area contributed by atoms with Crippen molar-refractivity contribution >= 4 is 23.4 Å². The number of ether oxygens (including phenoxy) is 1. The van der Waals surface area contributed by atoms with Gasteiger partial charge in [-0.15, -0.1) is 11.8 Å².